The van der Waals surface area contributed by atoms with Crippen molar-refractivity contribution in [2.45, 2.75) is 39.8 Å². The number of fused-ring (bicyclic) bond motifs is 1. The Morgan fingerprint density at radius 3 is 2.65 bits per heavy atom. The molecule has 1 aromatic carbocycles. The molecule has 0 spiro atoms. The number of carbonyl (C=O) groups excluding carboxylic acids is 1. The van der Waals surface area contributed by atoms with Crippen molar-refractivity contribution in [3.63, 3.8) is 0 Å². The summed E-state index contributed by atoms with van der Waals surface area (Å²) in [4.78, 5) is 41.8. The minimum absolute atomic E-state index is 0.0611. The zero-order chi connectivity index (χ0) is 26.7. The molecule has 3 aromatic heterocycles. The second kappa shape index (κ2) is 10.6. The van der Waals surface area contributed by atoms with E-state index in [-0.39, 0.29) is 42.4 Å². The van der Waals surface area contributed by atoms with Crippen LogP contribution in [0.3, 0.4) is 0 Å². The number of carboxylic acid groups (broad SMARTS) is 1. The van der Waals surface area contributed by atoms with Crippen LogP contribution in [0.15, 0.2) is 41.9 Å². The Kier molecular flexibility index (Phi) is 7.48. The molecule has 37 heavy (non-hydrogen) atoms. The number of H-pyrrole nitrogens is 1. The Morgan fingerprint density at radius 1 is 1.22 bits per heavy atom. The molecule has 0 aliphatic carbocycles. The highest BCUT2D eigenvalue weighted by atomic mass is 32.1. The van der Waals surface area contributed by atoms with E-state index < -0.39 is 23.6 Å². The average molecular weight is 529 g/mol. The maximum absolute atomic E-state index is 13.8. The van der Waals surface area contributed by atoms with E-state index in [1.54, 1.807) is 5.38 Å². The van der Waals surface area contributed by atoms with Gasteiger partial charge in [0.2, 0.25) is 0 Å². The number of imidazole rings is 1. The van der Waals surface area contributed by atoms with Gasteiger partial charge in [-0.3, -0.25) is 9.78 Å². The Balaban J connectivity index is 1.49. The van der Waals surface area contributed by atoms with Crippen molar-refractivity contribution in [3.05, 3.63) is 75.8 Å². The summed E-state index contributed by atoms with van der Waals surface area (Å²) in [7, 11) is 0. The van der Waals surface area contributed by atoms with Crippen molar-refractivity contribution < 1.29 is 23.5 Å². The molecule has 12 heteroatoms. The average Bonchev–Trinajstić information content (AvgIpc) is 3.47. The second-order valence-electron chi connectivity index (χ2n) is 9.62. The van der Waals surface area contributed by atoms with Gasteiger partial charge in [0.15, 0.2) is 0 Å². The zero-order valence-electron chi connectivity index (χ0n) is 20.5. The largest absolute Gasteiger partial charge is 0.465 e. The lowest BCUT2D eigenvalue weighted by molar-refractivity contribution is 0.0944. The minimum atomic E-state index is -1.10. The van der Waals surface area contributed by atoms with Gasteiger partial charge in [-0.2, -0.15) is 0 Å². The van der Waals surface area contributed by atoms with Gasteiger partial charge < -0.3 is 20.3 Å². The summed E-state index contributed by atoms with van der Waals surface area (Å²) in [5.74, 6) is -2.00. The lowest BCUT2D eigenvalue weighted by atomic mass is 9.80. The molecule has 9 nitrogen and oxygen atoms in total. The van der Waals surface area contributed by atoms with Gasteiger partial charge in [-0.15, -0.1) is 11.3 Å². The summed E-state index contributed by atoms with van der Waals surface area (Å²) in [6, 6.07) is 8.15. The molecule has 2 amide bonds. The number of nitrogens with one attached hydrogen (secondary N) is 2. The standard InChI is InChI=1S/C25H26F2N6O3S/c1-25(2,3)15(11-33(24(35)36)12-21-30-17-6-4-5-7-18(17)31-21)23-32-20(13-37-23)22(34)29-10-19-16(27)8-14(26)9-28-19/h4-9,13,15H,10-12H2,1-3H3,(H,29,34)(H,30,31)(H,35,36). The molecule has 1 unspecified atom stereocenters. The number of rotatable bonds is 8. The quantitative estimate of drug-likeness (QED) is 0.298. The predicted molar refractivity (Wildman–Crippen MR) is 134 cm³/mol. The van der Waals surface area contributed by atoms with Crippen LogP contribution < -0.4 is 5.32 Å². The van der Waals surface area contributed by atoms with Gasteiger partial charge in [0.1, 0.15) is 23.2 Å². The molecule has 194 valence electrons. The first kappa shape index (κ1) is 26.1. The van der Waals surface area contributed by atoms with Crippen molar-refractivity contribution in [3.8, 4) is 0 Å². The molecule has 0 saturated carbocycles. The van der Waals surface area contributed by atoms with Crippen LogP contribution in [0.4, 0.5) is 13.6 Å². The second-order valence-corrected chi connectivity index (χ2v) is 10.5. The highest BCUT2D eigenvalue weighted by Crippen LogP contribution is 2.37. The van der Waals surface area contributed by atoms with Crippen molar-refractivity contribution in [1.29, 1.82) is 0 Å². The molecule has 4 aromatic rings. The highest BCUT2D eigenvalue weighted by Gasteiger charge is 2.33. The molecule has 0 radical (unpaired) electrons. The maximum Gasteiger partial charge on any atom is 0.407 e. The number of hydrogen-bond acceptors (Lipinski definition) is 6. The normalized spacial score (nSPS) is 12.5. The van der Waals surface area contributed by atoms with E-state index in [0.29, 0.717) is 16.9 Å². The van der Waals surface area contributed by atoms with E-state index in [4.69, 9.17) is 0 Å². The first-order valence-corrected chi connectivity index (χ1v) is 12.3. The smallest absolute Gasteiger partial charge is 0.407 e. The van der Waals surface area contributed by atoms with Gasteiger partial charge in [-0.25, -0.2) is 23.5 Å². The van der Waals surface area contributed by atoms with E-state index in [1.807, 2.05) is 45.0 Å². The van der Waals surface area contributed by atoms with E-state index in [0.717, 1.165) is 17.2 Å². The van der Waals surface area contributed by atoms with Gasteiger partial charge in [0, 0.05) is 23.9 Å². The van der Waals surface area contributed by atoms with Crippen LogP contribution in [0.25, 0.3) is 11.0 Å². The zero-order valence-corrected chi connectivity index (χ0v) is 21.3. The number of aromatic nitrogens is 4. The summed E-state index contributed by atoms with van der Waals surface area (Å²) < 4.78 is 26.9. The third-order valence-electron chi connectivity index (χ3n) is 5.85. The summed E-state index contributed by atoms with van der Waals surface area (Å²) >= 11 is 1.25. The summed E-state index contributed by atoms with van der Waals surface area (Å²) in [6.45, 7) is 5.89. The van der Waals surface area contributed by atoms with E-state index in [1.165, 1.54) is 16.2 Å². The van der Waals surface area contributed by atoms with Crippen LogP contribution in [0.1, 0.15) is 53.7 Å². The molecule has 0 bridgehead atoms. The first-order chi connectivity index (χ1) is 17.5. The third-order valence-corrected chi connectivity index (χ3v) is 6.81. The van der Waals surface area contributed by atoms with E-state index in [2.05, 4.69) is 25.3 Å². The Morgan fingerprint density at radius 2 is 1.97 bits per heavy atom. The fourth-order valence-corrected chi connectivity index (χ4v) is 4.93. The number of hydrogen-bond donors (Lipinski definition) is 3. The molecule has 0 aliphatic rings. The molecule has 3 heterocycles. The van der Waals surface area contributed by atoms with Gasteiger partial charge >= 0.3 is 6.09 Å². The summed E-state index contributed by atoms with van der Waals surface area (Å²) in [6.07, 6.45) is -0.225. The molecule has 0 saturated heterocycles. The molecule has 4 rings (SSSR count). The topological polar surface area (TPSA) is 124 Å². The summed E-state index contributed by atoms with van der Waals surface area (Å²) in [5, 5.41) is 14.6. The number of carbonyl (C=O) groups is 2. The van der Waals surface area contributed by atoms with Crippen LogP contribution >= 0.6 is 11.3 Å². The molecule has 3 N–H and O–H groups in total. The van der Waals surface area contributed by atoms with Crippen molar-refractivity contribution in [2.75, 3.05) is 6.54 Å². The number of nitrogens with zero attached hydrogens (tertiary/aromatic N) is 4. The number of benzene rings is 1. The number of thiazole rings is 1. The monoisotopic (exact) mass is 528 g/mol. The van der Waals surface area contributed by atoms with E-state index in [9.17, 15) is 23.5 Å². The number of pyridine rings is 1. The highest BCUT2D eigenvalue weighted by molar-refractivity contribution is 7.10. The SMILES string of the molecule is CC(C)(C)C(CN(Cc1nc2ccccc2[nH]1)C(=O)O)c1nc(C(=O)NCc2ncc(F)cc2F)cs1. The predicted octanol–water partition coefficient (Wildman–Crippen LogP) is 4.93. The molecule has 0 aliphatic heterocycles. The Bertz CT molecular complexity index is 1400. The molecule has 0 fully saturated rings. The van der Waals surface area contributed by atoms with Crippen molar-refractivity contribution in [2.24, 2.45) is 5.41 Å². The fourth-order valence-electron chi connectivity index (χ4n) is 3.79. The third kappa shape index (κ3) is 6.26. The lowest BCUT2D eigenvalue weighted by Gasteiger charge is -2.32. The van der Waals surface area contributed by atoms with Crippen LogP contribution in [-0.2, 0) is 13.1 Å². The van der Waals surface area contributed by atoms with Gasteiger partial charge in [0.25, 0.3) is 5.91 Å². The number of aromatic amines is 1. The Hall–Kier alpha value is -3.93. The molecular formula is C25H26F2N6O3S. The number of para-hydroxylation sites is 2. The van der Waals surface area contributed by atoms with Gasteiger partial charge in [-0.05, 0) is 17.5 Å². The first-order valence-electron chi connectivity index (χ1n) is 11.5. The fraction of sp³-hybridized carbons (Fsp3) is 0.320. The lowest BCUT2D eigenvalue weighted by Crippen LogP contribution is -2.37. The summed E-state index contributed by atoms with van der Waals surface area (Å²) in [5.41, 5.74) is 1.22. The Labute approximate surface area is 215 Å². The number of halogens is 2. The van der Waals surface area contributed by atoms with Crippen molar-refractivity contribution in [1.82, 2.24) is 30.2 Å². The van der Waals surface area contributed by atoms with Crippen LogP contribution in [0, 0.1) is 17.0 Å². The maximum atomic E-state index is 13.8. The molecule has 1 atom stereocenters. The molecular weight excluding hydrogens is 502 g/mol. The van der Waals surface area contributed by atoms with Crippen LogP contribution in [0.5, 0.6) is 0 Å². The van der Waals surface area contributed by atoms with Gasteiger partial charge in [-0.1, -0.05) is 32.9 Å². The van der Waals surface area contributed by atoms with E-state index >= 15 is 0 Å². The van der Waals surface area contributed by atoms with Crippen LogP contribution in [0.2, 0.25) is 0 Å². The van der Waals surface area contributed by atoms with Crippen molar-refractivity contribution >= 4 is 34.4 Å². The minimum Gasteiger partial charge on any atom is -0.465 e. The number of amides is 2. The van der Waals surface area contributed by atoms with Gasteiger partial charge in [0.05, 0.1) is 41.0 Å². The van der Waals surface area contributed by atoms with Crippen LogP contribution in [-0.4, -0.2) is 48.5 Å².